The van der Waals surface area contributed by atoms with Gasteiger partial charge < -0.3 is 24.2 Å². The highest BCUT2D eigenvalue weighted by atomic mass is 16.5. The molecule has 0 bridgehead atoms. The lowest BCUT2D eigenvalue weighted by molar-refractivity contribution is -0.121. The van der Waals surface area contributed by atoms with Crippen molar-refractivity contribution >= 4 is 24.0 Å². The van der Waals surface area contributed by atoms with Crippen LogP contribution in [-0.4, -0.2) is 37.1 Å². The SMILES string of the molecule is O=C(C=Cc1ccco1)NCC1(NC(=O)C=Cc2ccco2)CCOCC1. The van der Waals surface area contributed by atoms with E-state index in [0.29, 0.717) is 44.1 Å². The second-order valence-electron chi connectivity index (χ2n) is 6.30. The minimum atomic E-state index is -0.545. The largest absolute Gasteiger partial charge is 0.465 e. The van der Waals surface area contributed by atoms with Crippen LogP contribution in [0.3, 0.4) is 0 Å². The van der Waals surface area contributed by atoms with Crippen molar-refractivity contribution in [1.29, 1.82) is 0 Å². The normalized spacial score (nSPS) is 16.6. The smallest absolute Gasteiger partial charge is 0.244 e. The first kappa shape index (κ1) is 18.7. The first-order chi connectivity index (χ1) is 13.2. The van der Waals surface area contributed by atoms with Crippen LogP contribution in [0.4, 0.5) is 0 Å². The predicted octanol–water partition coefficient (Wildman–Crippen LogP) is 2.38. The molecule has 142 valence electrons. The van der Waals surface area contributed by atoms with E-state index in [2.05, 4.69) is 10.6 Å². The summed E-state index contributed by atoms with van der Waals surface area (Å²) in [6.07, 6.45) is 10.4. The highest BCUT2D eigenvalue weighted by molar-refractivity contribution is 5.93. The molecule has 2 aromatic heterocycles. The quantitative estimate of drug-likeness (QED) is 0.730. The minimum absolute atomic E-state index is 0.242. The molecule has 0 spiro atoms. The van der Waals surface area contributed by atoms with Gasteiger partial charge in [0, 0.05) is 31.9 Å². The van der Waals surface area contributed by atoms with Gasteiger partial charge in [-0.05, 0) is 49.3 Å². The minimum Gasteiger partial charge on any atom is -0.465 e. The predicted molar refractivity (Wildman–Crippen MR) is 99.4 cm³/mol. The number of carbonyl (C=O) groups excluding carboxylic acids is 2. The molecule has 7 heteroatoms. The Morgan fingerprint density at radius 3 is 2.11 bits per heavy atom. The molecule has 1 saturated heterocycles. The molecule has 2 amide bonds. The van der Waals surface area contributed by atoms with Gasteiger partial charge in [0.25, 0.3) is 0 Å². The second-order valence-corrected chi connectivity index (χ2v) is 6.30. The zero-order chi connectivity index (χ0) is 19.0. The number of hydrogen-bond donors (Lipinski definition) is 2. The van der Waals surface area contributed by atoms with E-state index in [9.17, 15) is 9.59 Å². The number of nitrogens with one attached hydrogen (secondary N) is 2. The fourth-order valence-electron chi connectivity index (χ4n) is 2.81. The third kappa shape index (κ3) is 5.72. The standard InChI is InChI=1S/C20H22N2O5/c23-18(7-5-16-3-1-11-26-16)21-15-20(9-13-25-14-10-20)22-19(24)8-6-17-4-2-12-27-17/h1-8,11-12H,9-10,13-15H2,(H,21,23)(H,22,24). The van der Waals surface area contributed by atoms with E-state index in [1.54, 1.807) is 48.9 Å². The summed E-state index contributed by atoms with van der Waals surface area (Å²) in [7, 11) is 0. The Morgan fingerprint density at radius 2 is 1.56 bits per heavy atom. The monoisotopic (exact) mass is 370 g/mol. The molecule has 0 aliphatic carbocycles. The number of ether oxygens (including phenoxy) is 1. The van der Waals surface area contributed by atoms with Gasteiger partial charge in [-0.25, -0.2) is 0 Å². The molecule has 1 aliphatic heterocycles. The summed E-state index contributed by atoms with van der Waals surface area (Å²) >= 11 is 0. The van der Waals surface area contributed by atoms with Crippen molar-refractivity contribution in [2.75, 3.05) is 19.8 Å². The number of rotatable bonds is 7. The Morgan fingerprint density at radius 1 is 0.963 bits per heavy atom. The molecule has 27 heavy (non-hydrogen) atoms. The van der Waals surface area contributed by atoms with Crippen LogP contribution in [0.2, 0.25) is 0 Å². The van der Waals surface area contributed by atoms with Crippen molar-refractivity contribution in [3.05, 3.63) is 60.5 Å². The molecule has 0 unspecified atom stereocenters. The lowest BCUT2D eigenvalue weighted by Gasteiger charge is -2.37. The summed E-state index contributed by atoms with van der Waals surface area (Å²) in [6.45, 7) is 1.37. The summed E-state index contributed by atoms with van der Waals surface area (Å²) in [5, 5.41) is 5.87. The first-order valence-corrected chi connectivity index (χ1v) is 8.76. The fourth-order valence-corrected chi connectivity index (χ4v) is 2.81. The lowest BCUT2D eigenvalue weighted by atomic mass is 9.89. The van der Waals surface area contributed by atoms with Gasteiger partial charge in [0.05, 0.1) is 18.1 Å². The third-order valence-electron chi connectivity index (χ3n) is 4.32. The van der Waals surface area contributed by atoms with Gasteiger partial charge in [0.1, 0.15) is 11.5 Å². The Kier molecular flexibility index (Phi) is 6.27. The highest BCUT2D eigenvalue weighted by Gasteiger charge is 2.34. The second kappa shape index (κ2) is 9.05. The number of hydrogen-bond acceptors (Lipinski definition) is 5. The van der Waals surface area contributed by atoms with Crippen LogP contribution in [-0.2, 0) is 14.3 Å². The van der Waals surface area contributed by atoms with Crippen molar-refractivity contribution in [2.45, 2.75) is 18.4 Å². The molecule has 0 atom stereocenters. The average molecular weight is 370 g/mol. The Labute approximate surface area is 157 Å². The van der Waals surface area contributed by atoms with E-state index in [-0.39, 0.29) is 11.8 Å². The number of carbonyl (C=O) groups is 2. The van der Waals surface area contributed by atoms with Gasteiger partial charge >= 0.3 is 0 Å². The molecule has 1 fully saturated rings. The van der Waals surface area contributed by atoms with Gasteiger partial charge in [0.15, 0.2) is 0 Å². The van der Waals surface area contributed by atoms with Crippen LogP contribution < -0.4 is 10.6 Å². The first-order valence-electron chi connectivity index (χ1n) is 8.76. The number of amides is 2. The van der Waals surface area contributed by atoms with E-state index in [1.165, 1.54) is 12.2 Å². The molecule has 0 radical (unpaired) electrons. The summed E-state index contributed by atoms with van der Waals surface area (Å²) < 4.78 is 15.7. The van der Waals surface area contributed by atoms with Crippen LogP contribution >= 0.6 is 0 Å². The highest BCUT2D eigenvalue weighted by Crippen LogP contribution is 2.20. The van der Waals surface area contributed by atoms with Crippen LogP contribution in [0.15, 0.2) is 57.8 Å². The van der Waals surface area contributed by atoms with Crippen LogP contribution in [0.1, 0.15) is 24.4 Å². The van der Waals surface area contributed by atoms with Gasteiger partial charge in [-0.3, -0.25) is 9.59 Å². The van der Waals surface area contributed by atoms with E-state index in [0.717, 1.165) is 0 Å². The maximum Gasteiger partial charge on any atom is 0.244 e. The summed E-state index contributed by atoms with van der Waals surface area (Å²) in [5.41, 5.74) is -0.545. The molecule has 2 N–H and O–H groups in total. The zero-order valence-corrected chi connectivity index (χ0v) is 14.9. The fraction of sp³-hybridized carbons (Fsp3) is 0.300. The zero-order valence-electron chi connectivity index (χ0n) is 14.9. The summed E-state index contributed by atoms with van der Waals surface area (Å²) in [6, 6.07) is 7.03. The van der Waals surface area contributed by atoms with Crippen LogP contribution in [0.25, 0.3) is 12.2 Å². The van der Waals surface area contributed by atoms with Gasteiger partial charge in [-0.1, -0.05) is 0 Å². The van der Waals surface area contributed by atoms with E-state index in [1.807, 2.05) is 0 Å². The Balaban J connectivity index is 1.57. The molecule has 3 rings (SSSR count). The van der Waals surface area contributed by atoms with Crippen molar-refractivity contribution in [3.8, 4) is 0 Å². The molecule has 3 heterocycles. The third-order valence-corrected chi connectivity index (χ3v) is 4.32. The maximum atomic E-state index is 12.3. The summed E-state index contributed by atoms with van der Waals surface area (Å²) in [4.78, 5) is 24.4. The number of furan rings is 2. The van der Waals surface area contributed by atoms with Gasteiger partial charge in [-0.2, -0.15) is 0 Å². The van der Waals surface area contributed by atoms with Crippen LogP contribution in [0, 0.1) is 0 Å². The van der Waals surface area contributed by atoms with Crippen LogP contribution in [0.5, 0.6) is 0 Å². The molecule has 0 aromatic carbocycles. The van der Waals surface area contributed by atoms with Crippen molar-refractivity contribution in [3.63, 3.8) is 0 Å². The molecule has 1 aliphatic rings. The van der Waals surface area contributed by atoms with Gasteiger partial charge in [0.2, 0.25) is 11.8 Å². The van der Waals surface area contributed by atoms with Crippen molar-refractivity contribution in [1.82, 2.24) is 10.6 Å². The molecule has 2 aromatic rings. The lowest BCUT2D eigenvalue weighted by Crippen LogP contribution is -2.57. The Bertz CT molecular complexity index is 784. The average Bonchev–Trinajstić information content (AvgIpc) is 3.38. The van der Waals surface area contributed by atoms with Crippen molar-refractivity contribution in [2.24, 2.45) is 0 Å². The van der Waals surface area contributed by atoms with Gasteiger partial charge in [-0.15, -0.1) is 0 Å². The maximum absolute atomic E-state index is 12.3. The van der Waals surface area contributed by atoms with E-state index < -0.39 is 5.54 Å². The molecule has 0 saturated carbocycles. The van der Waals surface area contributed by atoms with E-state index >= 15 is 0 Å². The van der Waals surface area contributed by atoms with E-state index in [4.69, 9.17) is 13.6 Å². The van der Waals surface area contributed by atoms with Crippen molar-refractivity contribution < 1.29 is 23.2 Å². The Hall–Kier alpha value is -3.06. The molecular formula is C20H22N2O5. The topological polar surface area (TPSA) is 93.7 Å². The molecular weight excluding hydrogens is 348 g/mol. The molecule has 7 nitrogen and oxygen atoms in total. The summed E-state index contributed by atoms with van der Waals surface area (Å²) in [5.74, 6) is 0.705.